The fourth-order valence-electron chi connectivity index (χ4n) is 0.925. The molecule has 10 heteroatoms. The van der Waals surface area contributed by atoms with Gasteiger partial charge in [-0.25, -0.2) is 9.59 Å². The predicted molar refractivity (Wildman–Crippen MR) is 48.1 cm³/mol. The number of carboxylic acid groups (broad SMARTS) is 2. The van der Waals surface area contributed by atoms with Gasteiger partial charge < -0.3 is 26.1 Å². The average molecular weight is 294 g/mol. The van der Waals surface area contributed by atoms with E-state index in [1.165, 1.54) is 0 Å². The van der Waals surface area contributed by atoms with Gasteiger partial charge in [-0.1, -0.05) is 0 Å². The molecule has 0 bridgehead atoms. The molecule has 0 aliphatic carbocycles. The number of aromatic carboxylic acids is 2. The van der Waals surface area contributed by atoms with Gasteiger partial charge in [0, 0.05) is 0 Å². The van der Waals surface area contributed by atoms with Crippen molar-refractivity contribution in [1.82, 2.24) is 0 Å². The van der Waals surface area contributed by atoms with Crippen LogP contribution in [-0.4, -0.2) is 32.4 Å². The maximum absolute atomic E-state index is 10.4. The molecule has 0 saturated heterocycles. The summed E-state index contributed by atoms with van der Waals surface area (Å²) in [7, 11) is 0. The molecule has 0 aliphatic heterocycles. The number of carbonyl (C=O) groups is 2. The first-order valence-corrected chi connectivity index (χ1v) is 3.46. The monoisotopic (exact) mass is 294 g/mol. The van der Waals surface area contributed by atoms with Crippen LogP contribution in [0.25, 0.3) is 0 Å². The van der Waals surface area contributed by atoms with Crippen molar-refractivity contribution in [3.05, 3.63) is 23.3 Å². The molecular formula is C8H10Na4O6. The molecule has 6 nitrogen and oxygen atoms in total. The number of carboxylic acids is 2. The molecule has 82 valence electrons. The van der Waals surface area contributed by atoms with Crippen LogP contribution in [0.1, 0.15) is 26.4 Å². The molecule has 0 spiro atoms. The van der Waals surface area contributed by atoms with Gasteiger partial charge in [-0.2, -0.15) is 0 Å². The van der Waals surface area contributed by atoms with E-state index >= 15 is 0 Å². The molecule has 0 radical (unpaired) electrons. The largest absolute Gasteiger partial charge is 1.00 e. The molecule has 1 rings (SSSR count). The zero-order valence-corrected chi connectivity index (χ0v) is 18.8. The Kier molecular flexibility index (Phi) is 19.4. The Balaban J connectivity index is -0.0000000408. The first-order chi connectivity index (χ1) is 6.45. The van der Waals surface area contributed by atoms with Crippen LogP contribution in [0.4, 0.5) is 0 Å². The van der Waals surface area contributed by atoms with Crippen molar-refractivity contribution in [3.63, 3.8) is 0 Å². The van der Waals surface area contributed by atoms with Crippen molar-refractivity contribution in [2.24, 2.45) is 0 Å². The van der Waals surface area contributed by atoms with Crippen LogP contribution < -0.4 is 118 Å². The van der Waals surface area contributed by atoms with Crippen LogP contribution in [0.2, 0.25) is 0 Å². The first kappa shape index (κ1) is 28.0. The van der Waals surface area contributed by atoms with Crippen molar-refractivity contribution >= 4 is 11.9 Å². The minimum atomic E-state index is -1.45. The van der Waals surface area contributed by atoms with Gasteiger partial charge in [0.25, 0.3) is 0 Å². The quantitative estimate of drug-likeness (QED) is 0.318. The van der Waals surface area contributed by atoms with E-state index in [-0.39, 0.29) is 124 Å². The van der Waals surface area contributed by atoms with Crippen molar-refractivity contribution in [3.8, 4) is 11.5 Å². The summed E-state index contributed by atoms with van der Waals surface area (Å²) in [5.41, 5.74) is -1.10. The average Bonchev–Trinajstić information content (AvgIpc) is 2.08. The van der Waals surface area contributed by atoms with Gasteiger partial charge in [0.15, 0.2) is 11.5 Å². The summed E-state index contributed by atoms with van der Waals surface area (Å²) < 4.78 is 0. The summed E-state index contributed by atoms with van der Waals surface area (Å²) in [5, 5.41) is 35.2. The third-order valence-electron chi connectivity index (χ3n) is 1.61. The molecule has 0 atom stereocenters. The van der Waals surface area contributed by atoms with Gasteiger partial charge in [-0.15, -0.1) is 0 Å². The van der Waals surface area contributed by atoms with E-state index in [9.17, 15) is 9.59 Å². The van der Waals surface area contributed by atoms with E-state index in [4.69, 9.17) is 20.4 Å². The summed E-state index contributed by atoms with van der Waals surface area (Å²) in [6, 6.07) is 1.81. The van der Waals surface area contributed by atoms with E-state index in [1.54, 1.807) is 0 Å². The van der Waals surface area contributed by atoms with E-state index < -0.39 is 34.6 Å². The summed E-state index contributed by atoms with van der Waals surface area (Å²) >= 11 is 0. The second-order valence-electron chi connectivity index (χ2n) is 2.47. The van der Waals surface area contributed by atoms with Gasteiger partial charge in [0.2, 0.25) is 0 Å². The Bertz CT molecular complexity index is 398. The first-order valence-electron chi connectivity index (χ1n) is 3.46. The third kappa shape index (κ3) is 6.97. The van der Waals surface area contributed by atoms with Crippen LogP contribution in [0.15, 0.2) is 12.1 Å². The van der Waals surface area contributed by atoms with E-state index in [2.05, 4.69) is 0 Å². The molecule has 0 saturated carbocycles. The molecule has 1 aromatic carbocycles. The molecule has 0 unspecified atom stereocenters. The predicted octanol–water partition coefficient (Wildman–Crippen LogP) is -11.0. The summed E-state index contributed by atoms with van der Waals surface area (Å²) in [6.07, 6.45) is 0. The van der Waals surface area contributed by atoms with Crippen molar-refractivity contribution in [2.45, 2.75) is 0 Å². The second kappa shape index (κ2) is 12.5. The summed E-state index contributed by atoms with van der Waals surface area (Å²) in [5.74, 6) is -4.79. The van der Waals surface area contributed by atoms with Crippen molar-refractivity contribution in [2.75, 3.05) is 0 Å². The Morgan fingerprint density at radius 2 is 1.00 bits per heavy atom. The molecule has 0 aromatic heterocycles. The molecule has 0 heterocycles. The molecule has 0 fully saturated rings. The van der Waals surface area contributed by atoms with Gasteiger partial charge in [-0.05, 0) is 12.1 Å². The third-order valence-corrected chi connectivity index (χ3v) is 1.61. The Morgan fingerprint density at radius 3 is 1.17 bits per heavy atom. The van der Waals surface area contributed by atoms with E-state index in [1.807, 2.05) is 0 Å². The summed E-state index contributed by atoms with van der Waals surface area (Å²) in [6.45, 7) is 0. The standard InChI is InChI=1S/C8H6O6.4Na.4H/c9-5-3(7(11)12)1-2-4(6(5)10)8(13)14;;;;;;;;/h1-2,9-10H,(H,11,12)(H,13,14);;;;;;;;/q;4*+1;4*-1. The zero-order chi connectivity index (χ0) is 10.9. The Morgan fingerprint density at radius 1 is 0.778 bits per heavy atom. The number of hydrogen-bond donors (Lipinski definition) is 4. The van der Waals surface area contributed by atoms with Crippen molar-refractivity contribution in [1.29, 1.82) is 0 Å². The maximum Gasteiger partial charge on any atom is 1.00 e. The Labute approximate surface area is 197 Å². The maximum atomic E-state index is 10.4. The SMILES string of the molecule is O=C(O)c1ccc(C(=O)O)c(O)c1O.[H-].[H-].[H-].[H-].[Na+].[Na+].[Na+].[Na+]. The molecule has 1 aromatic rings. The van der Waals surface area contributed by atoms with Gasteiger partial charge in [-0.3, -0.25) is 0 Å². The number of aromatic hydroxyl groups is 2. The molecule has 0 aliphatic rings. The van der Waals surface area contributed by atoms with Crippen LogP contribution in [0.5, 0.6) is 11.5 Å². The van der Waals surface area contributed by atoms with Crippen LogP contribution in [-0.2, 0) is 0 Å². The van der Waals surface area contributed by atoms with Crippen molar-refractivity contribution < 1.29 is 154 Å². The van der Waals surface area contributed by atoms with Gasteiger partial charge >= 0.3 is 130 Å². The fourth-order valence-corrected chi connectivity index (χ4v) is 0.925. The second-order valence-corrected chi connectivity index (χ2v) is 2.47. The van der Waals surface area contributed by atoms with E-state index in [0.29, 0.717) is 0 Å². The molecule has 18 heavy (non-hydrogen) atoms. The minimum Gasteiger partial charge on any atom is -1.00 e. The van der Waals surface area contributed by atoms with Crippen LogP contribution in [0, 0.1) is 0 Å². The smallest absolute Gasteiger partial charge is 1.00 e. The number of benzene rings is 1. The fraction of sp³-hybridized carbons (Fsp3) is 0. The topological polar surface area (TPSA) is 115 Å². The zero-order valence-electron chi connectivity index (χ0n) is 14.8. The number of phenols is 2. The number of rotatable bonds is 2. The van der Waals surface area contributed by atoms with E-state index in [0.717, 1.165) is 12.1 Å². The summed E-state index contributed by atoms with van der Waals surface area (Å²) in [4.78, 5) is 20.9. The number of hydrogen-bond acceptors (Lipinski definition) is 4. The Hall–Kier alpha value is 1.76. The minimum absolute atomic E-state index is 0. The van der Waals surface area contributed by atoms with Crippen LogP contribution in [0.3, 0.4) is 0 Å². The molecule has 0 amide bonds. The normalized spacial score (nSPS) is 7.56. The van der Waals surface area contributed by atoms with Gasteiger partial charge in [0.05, 0.1) is 0 Å². The molecule has 4 N–H and O–H groups in total. The van der Waals surface area contributed by atoms with Crippen LogP contribution >= 0.6 is 0 Å². The molecular weight excluding hydrogens is 284 g/mol. The van der Waals surface area contributed by atoms with Gasteiger partial charge in [0.1, 0.15) is 11.1 Å².